The van der Waals surface area contributed by atoms with E-state index in [1.165, 1.54) is 29.1 Å². The third-order valence-electron chi connectivity index (χ3n) is 8.23. The lowest BCUT2D eigenvalue weighted by Gasteiger charge is -2.41. The van der Waals surface area contributed by atoms with Crippen LogP contribution in [-0.2, 0) is 4.79 Å². The molecule has 1 amide bonds. The van der Waals surface area contributed by atoms with Crippen molar-refractivity contribution < 1.29 is 9.18 Å². The predicted molar refractivity (Wildman–Crippen MR) is 184 cm³/mol. The van der Waals surface area contributed by atoms with Gasteiger partial charge in [0.15, 0.2) is 5.82 Å². The Morgan fingerprint density at radius 2 is 1.72 bits per heavy atom. The Labute approximate surface area is 286 Å². The van der Waals surface area contributed by atoms with Crippen LogP contribution in [0.4, 0.5) is 15.8 Å². The van der Waals surface area contributed by atoms with Gasteiger partial charge in [0, 0.05) is 31.1 Å². The van der Waals surface area contributed by atoms with Crippen LogP contribution in [0.5, 0.6) is 0 Å². The lowest BCUT2D eigenvalue weighted by molar-refractivity contribution is -0.128. The fourth-order valence-electron chi connectivity index (χ4n) is 6.01. The smallest absolute Gasteiger partial charge is 0.276 e. The highest BCUT2D eigenvalue weighted by Crippen LogP contribution is 2.43. The summed E-state index contributed by atoms with van der Waals surface area (Å²) in [6.45, 7) is 14.1. The van der Waals surface area contributed by atoms with Crippen molar-refractivity contribution in [2.45, 2.75) is 52.5 Å². The van der Waals surface area contributed by atoms with Crippen molar-refractivity contribution in [3.8, 4) is 23.0 Å². The maximum Gasteiger partial charge on any atom is 0.276 e. The van der Waals surface area contributed by atoms with Crippen molar-refractivity contribution in [1.29, 1.82) is 5.26 Å². The van der Waals surface area contributed by atoms with E-state index in [0.29, 0.717) is 42.1 Å². The topological polar surface area (TPSA) is 134 Å². The zero-order valence-corrected chi connectivity index (χ0v) is 28.7. The molecule has 5 rings (SSSR count). The summed E-state index contributed by atoms with van der Waals surface area (Å²) in [7, 11) is 0. The average molecular weight is 698 g/mol. The number of piperazine rings is 1. The highest BCUT2D eigenvalue weighted by Gasteiger charge is 2.33. The first-order valence-corrected chi connectivity index (χ1v) is 16.0. The summed E-state index contributed by atoms with van der Waals surface area (Å²) in [6.07, 6.45) is 2.69. The van der Waals surface area contributed by atoms with Gasteiger partial charge in [0.25, 0.3) is 5.56 Å². The van der Waals surface area contributed by atoms with Crippen molar-refractivity contribution >= 4 is 63.1 Å². The van der Waals surface area contributed by atoms with Gasteiger partial charge in [-0.3, -0.25) is 14.2 Å². The Morgan fingerprint density at radius 1 is 1.09 bits per heavy atom. The second kappa shape index (κ2) is 13.1. The molecule has 1 saturated heterocycles. The van der Waals surface area contributed by atoms with Crippen LogP contribution in [0, 0.1) is 17.1 Å². The Morgan fingerprint density at radius 3 is 2.28 bits per heavy atom. The fraction of sp³-hybridized carbons (Fsp3) is 0.333. The second-order valence-electron chi connectivity index (χ2n) is 11.9. The van der Waals surface area contributed by atoms with E-state index in [1.54, 1.807) is 4.90 Å². The number of nitriles is 1. The molecule has 3 aromatic heterocycles. The van der Waals surface area contributed by atoms with Crippen molar-refractivity contribution in [2.75, 3.05) is 30.3 Å². The monoisotopic (exact) mass is 696 g/mol. The molecule has 1 aliphatic heterocycles. The highest BCUT2D eigenvalue weighted by atomic mass is 35.5. The molecule has 14 heteroatoms. The molecule has 10 nitrogen and oxygen atoms in total. The number of hydrogen-bond acceptors (Lipinski definition) is 8. The van der Waals surface area contributed by atoms with Crippen LogP contribution in [0.15, 0.2) is 35.9 Å². The first kappa shape index (κ1) is 34.1. The van der Waals surface area contributed by atoms with Crippen LogP contribution in [0.3, 0.4) is 0 Å². The van der Waals surface area contributed by atoms with Crippen molar-refractivity contribution in [2.24, 2.45) is 0 Å². The molecule has 244 valence electrons. The Hall–Kier alpha value is -4.24. The van der Waals surface area contributed by atoms with E-state index in [4.69, 9.17) is 45.5 Å². The van der Waals surface area contributed by atoms with E-state index < -0.39 is 11.4 Å². The number of rotatable bonds is 6. The van der Waals surface area contributed by atoms with E-state index in [1.807, 2.05) is 39.5 Å². The number of fused-ring (bicyclic) bond motifs is 1. The number of carbonyl (C=O) groups excluding carboxylic acids is 1. The molecule has 47 heavy (non-hydrogen) atoms. The Kier molecular flexibility index (Phi) is 9.51. The van der Waals surface area contributed by atoms with Gasteiger partial charge in [0.05, 0.1) is 54.8 Å². The molecule has 0 aliphatic carbocycles. The number of amides is 1. The van der Waals surface area contributed by atoms with Crippen LogP contribution in [0.25, 0.3) is 28.0 Å². The summed E-state index contributed by atoms with van der Waals surface area (Å²) in [6, 6.07) is 4.55. The fourth-order valence-corrected chi connectivity index (χ4v) is 6.72. The first-order valence-electron chi connectivity index (χ1n) is 14.9. The lowest BCUT2D eigenvalue weighted by Crippen LogP contribution is -2.54. The number of pyridine rings is 2. The molecule has 1 aliphatic rings. The highest BCUT2D eigenvalue weighted by molar-refractivity contribution is 6.38. The van der Waals surface area contributed by atoms with Crippen molar-refractivity contribution in [1.82, 2.24) is 24.4 Å². The summed E-state index contributed by atoms with van der Waals surface area (Å²) in [5, 5.41) is 10.6. The first-order chi connectivity index (χ1) is 22.2. The van der Waals surface area contributed by atoms with Gasteiger partial charge in [-0.2, -0.15) is 5.26 Å². The van der Waals surface area contributed by atoms with Gasteiger partial charge in [0.2, 0.25) is 5.91 Å². The van der Waals surface area contributed by atoms with Crippen molar-refractivity contribution in [3.05, 3.63) is 79.3 Å². The second-order valence-corrected chi connectivity index (χ2v) is 13.2. The quantitative estimate of drug-likeness (QED) is 0.131. The molecule has 0 unspecified atom stereocenters. The van der Waals surface area contributed by atoms with Gasteiger partial charge in [-0.05, 0) is 37.0 Å². The number of hydrogen-bond donors (Lipinski definition) is 1. The maximum atomic E-state index is 15.7. The third-order valence-corrected chi connectivity index (χ3v) is 9.11. The third kappa shape index (κ3) is 5.79. The molecule has 1 fully saturated rings. The number of nitrogen functional groups attached to an aromatic ring is 1. The minimum absolute atomic E-state index is 0.0103. The molecular formula is C33H32Cl3FN8O2. The number of halogens is 4. The lowest BCUT2D eigenvalue weighted by atomic mass is 10.00. The molecule has 4 heterocycles. The van der Waals surface area contributed by atoms with Crippen LogP contribution in [0.1, 0.15) is 63.4 Å². The zero-order chi connectivity index (χ0) is 34.5. The van der Waals surface area contributed by atoms with Crippen molar-refractivity contribution in [3.63, 3.8) is 0 Å². The summed E-state index contributed by atoms with van der Waals surface area (Å²) >= 11 is 19.3. The van der Waals surface area contributed by atoms with Crippen LogP contribution in [-0.4, -0.2) is 56.0 Å². The molecule has 0 spiro atoms. The molecule has 2 N–H and O–H groups in total. The van der Waals surface area contributed by atoms with E-state index in [9.17, 15) is 14.9 Å². The zero-order valence-electron chi connectivity index (χ0n) is 26.4. The van der Waals surface area contributed by atoms with E-state index >= 15 is 4.39 Å². The number of nitrogens with zero attached hydrogens (tertiary/aromatic N) is 7. The Bertz CT molecular complexity index is 2000. The molecular weight excluding hydrogens is 666 g/mol. The number of anilines is 2. The normalized spacial score (nSPS) is 15.1. The average Bonchev–Trinajstić information content (AvgIpc) is 3.03. The standard InChI is InChI=1S/C33H32Cl3FN8O2/c1-7-23(46)44-9-8-43(13-17(44)6)30-18-10-22(36)29(24-25(37)20(34)11-21(35)26(24)39)42-32(18)45(33(47)19(30)12-38)31-27(15(2)3)40-14-41-28(31)16(4)5/h7,10-11,14-17H,1,8-9,13,39H2,2-6H3/t17-/m1/s1. The Balaban J connectivity index is 1.96. The van der Waals surface area contributed by atoms with E-state index in [0.717, 1.165) is 0 Å². The summed E-state index contributed by atoms with van der Waals surface area (Å²) < 4.78 is 17.0. The van der Waals surface area contributed by atoms with Gasteiger partial charge in [-0.1, -0.05) is 69.1 Å². The van der Waals surface area contributed by atoms with Crippen LogP contribution >= 0.6 is 34.8 Å². The van der Waals surface area contributed by atoms with Gasteiger partial charge in [-0.15, -0.1) is 0 Å². The van der Waals surface area contributed by atoms with Crippen LogP contribution in [0.2, 0.25) is 15.1 Å². The summed E-state index contributed by atoms with van der Waals surface area (Å²) in [4.78, 5) is 44.6. The van der Waals surface area contributed by atoms with Crippen LogP contribution < -0.4 is 16.2 Å². The molecule has 0 saturated carbocycles. The minimum atomic E-state index is -0.893. The number of carbonyl (C=O) groups is 1. The number of aromatic nitrogens is 4. The van der Waals surface area contributed by atoms with Gasteiger partial charge in [0.1, 0.15) is 23.6 Å². The number of nitrogens with two attached hydrogens (primary N) is 1. The predicted octanol–water partition coefficient (Wildman–Crippen LogP) is 6.87. The van der Waals surface area contributed by atoms with Gasteiger partial charge < -0.3 is 15.5 Å². The summed E-state index contributed by atoms with van der Waals surface area (Å²) in [5.74, 6) is -1.45. The molecule has 0 radical (unpaired) electrons. The van der Waals surface area contributed by atoms with E-state index in [-0.39, 0.29) is 72.7 Å². The largest absolute Gasteiger partial charge is 0.397 e. The molecule has 1 atom stereocenters. The molecule has 4 aromatic rings. The van der Waals surface area contributed by atoms with Gasteiger partial charge in [-0.25, -0.2) is 19.3 Å². The molecule has 1 aromatic carbocycles. The SMILES string of the molecule is C=CC(=O)N1CCN(c2c(C#N)c(=O)n(-c3c(C(C)C)ncnc3C(C)C)c3nc(-c4c(N)c(Cl)cc(Cl)c4F)c(Cl)cc23)C[C@H]1C. The van der Waals surface area contributed by atoms with Gasteiger partial charge >= 0.3 is 0 Å². The number of benzene rings is 1. The summed E-state index contributed by atoms with van der Waals surface area (Å²) in [5.41, 5.74) is 6.73. The van der Waals surface area contributed by atoms with E-state index in [2.05, 4.69) is 22.6 Å². The minimum Gasteiger partial charge on any atom is -0.397 e. The maximum absolute atomic E-state index is 15.7. The molecule has 0 bridgehead atoms.